The van der Waals surface area contributed by atoms with Crippen molar-refractivity contribution in [3.8, 4) is 12.1 Å². The third kappa shape index (κ3) is 3.95. The Hall–Kier alpha value is -2.62. The van der Waals surface area contributed by atoms with Crippen molar-refractivity contribution in [3.05, 3.63) is 70.8 Å². The maximum absolute atomic E-state index is 9.23. The number of aryl methyl sites for hydroxylation is 2. The van der Waals surface area contributed by atoms with Crippen LogP contribution in [0.15, 0.2) is 48.5 Å². The normalized spacial score (nSPS) is 11.7. The van der Waals surface area contributed by atoms with Gasteiger partial charge in [0.05, 0.1) is 18.2 Å². The van der Waals surface area contributed by atoms with E-state index in [1.165, 1.54) is 5.56 Å². The van der Waals surface area contributed by atoms with Gasteiger partial charge in [0.25, 0.3) is 0 Å². The predicted molar refractivity (Wildman–Crippen MR) is 86.7 cm³/mol. The molecule has 0 saturated heterocycles. The monoisotopic (exact) mass is 289 g/mol. The molecule has 0 heterocycles. The van der Waals surface area contributed by atoms with Crippen molar-refractivity contribution >= 4 is 0 Å². The summed E-state index contributed by atoms with van der Waals surface area (Å²) in [6, 6.07) is 20.1. The fraction of sp³-hybridized carbons (Fsp3) is 0.263. The number of rotatable bonds is 5. The molecule has 110 valence electrons. The van der Waals surface area contributed by atoms with Gasteiger partial charge in [0, 0.05) is 6.54 Å². The number of nitrogens with one attached hydrogen (secondary N) is 1. The van der Waals surface area contributed by atoms with Gasteiger partial charge in [-0.3, -0.25) is 0 Å². The highest BCUT2D eigenvalue weighted by atomic mass is 14.9. The molecule has 2 aromatic rings. The fourth-order valence-corrected chi connectivity index (χ4v) is 2.31. The Balaban J connectivity index is 2.18. The molecule has 0 aliphatic carbocycles. The van der Waals surface area contributed by atoms with E-state index in [4.69, 9.17) is 0 Å². The smallest absolute Gasteiger partial charge is 0.152 e. The molecule has 3 nitrogen and oxygen atoms in total. The number of hydrogen-bond acceptors (Lipinski definition) is 3. The van der Waals surface area contributed by atoms with Gasteiger partial charge in [0.2, 0.25) is 0 Å². The van der Waals surface area contributed by atoms with Gasteiger partial charge in [-0.2, -0.15) is 10.5 Å². The van der Waals surface area contributed by atoms with Gasteiger partial charge in [-0.25, -0.2) is 0 Å². The lowest BCUT2D eigenvalue weighted by Crippen LogP contribution is -2.26. The molecular weight excluding hydrogens is 270 g/mol. The molecule has 0 saturated carbocycles. The minimum Gasteiger partial charge on any atom is -0.304 e. The molecule has 0 aliphatic heterocycles. The van der Waals surface area contributed by atoms with Crippen LogP contribution in [0.3, 0.4) is 0 Å². The quantitative estimate of drug-likeness (QED) is 0.910. The minimum atomic E-state index is -0.715. The second kappa shape index (κ2) is 7.41. The highest BCUT2D eigenvalue weighted by molar-refractivity contribution is 5.28. The van der Waals surface area contributed by atoms with E-state index in [1.807, 2.05) is 38.1 Å². The maximum atomic E-state index is 9.23. The zero-order valence-electron chi connectivity index (χ0n) is 12.9. The van der Waals surface area contributed by atoms with Crippen LogP contribution in [0.25, 0.3) is 0 Å². The fourth-order valence-electron chi connectivity index (χ4n) is 2.31. The van der Waals surface area contributed by atoms with E-state index >= 15 is 0 Å². The first-order chi connectivity index (χ1) is 10.6. The molecule has 1 unspecified atom stereocenters. The lowest BCUT2D eigenvalue weighted by atomic mass is 9.94. The summed E-state index contributed by atoms with van der Waals surface area (Å²) < 4.78 is 0. The van der Waals surface area contributed by atoms with Crippen LogP contribution in [-0.2, 0) is 6.54 Å². The molecule has 1 N–H and O–H groups in total. The molecule has 0 radical (unpaired) electrons. The van der Waals surface area contributed by atoms with Crippen LogP contribution in [0.2, 0.25) is 0 Å². The predicted octanol–water partition coefficient (Wildman–Crippen LogP) is 3.80. The van der Waals surface area contributed by atoms with Crippen molar-refractivity contribution in [3.63, 3.8) is 0 Å². The van der Waals surface area contributed by atoms with Gasteiger partial charge >= 0.3 is 0 Å². The Morgan fingerprint density at radius 2 is 1.36 bits per heavy atom. The van der Waals surface area contributed by atoms with Crippen molar-refractivity contribution in [1.29, 1.82) is 10.5 Å². The Kier molecular flexibility index (Phi) is 5.31. The highest BCUT2D eigenvalue weighted by Crippen LogP contribution is 2.22. The highest BCUT2D eigenvalue weighted by Gasteiger charge is 2.22. The summed E-state index contributed by atoms with van der Waals surface area (Å²) in [5.74, 6) is -0.715. The van der Waals surface area contributed by atoms with E-state index in [0.29, 0.717) is 6.54 Å². The molecule has 2 rings (SSSR count). The van der Waals surface area contributed by atoms with Crippen LogP contribution in [0.5, 0.6) is 0 Å². The largest absolute Gasteiger partial charge is 0.304 e. The molecule has 1 atom stereocenters. The van der Waals surface area contributed by atoms with Crippen molar-refractivity contribution in [1.82, 2.24) is 5.32 Å². The molecular formula is C19H19N3. The summed E-state index contributed by atoms with van der Waals surface area (Å²) in [7, 11) is 0. The SMILES string of the molecule is Cc1ccc(CNC(c2ccc(C)cc2)C(C#N)C#N)cc1. The maximum Gasteiger partial charge on any atom is 0.152 e. The molecule has 3 heteroatoms. The van der Waals surface area contributed by atoms with Crippen LogP contribution in [0, 0.1) is 42.4 Å². The lowest BCUT2D eigenvalue weighted by Gasteiger charge is -2.20. The van der Waals surface area contributed by atoms with Gasteiger partial charge in [-0.1, -0.05) is 59.7 Å². The van der Waals surface area contributed by atoms with E-state index < -0.39 is 5.92 Å². The van der Waals surface area contributed by atoms with Crippen LogP contribution in [-0.4, -0.2) is 0 Å². The first-order valence-electron chi connectivity index (χ1n) is 7.29. The zero-order chi connectivity index (χ0) is 15.9. The molecule has 0 bridgehead atoms. The zero-order valence-corrected chi connectivity index (χ0v) is 12.9. The van der Waals surface area contributed by atoms with E-state index in [2.05, 4.69) is 41.7 Å². The molecule has 22 heavy (non-hydrogen) atoms. The van der Waals surface area contributed by atoms with Crippen molar-refractivity contribution in [2.24, 2.45) is 5.92 Å². The van der Waals surface area contributed by atoms with Gasteiger partial charge in [0.1, 0.15) is 0 Å². The second-order valence-electron chi connectivity index (χ2n) is 5.49. The van der Waals surface area contributed by atoms with E-state index in [0.717, 1.165) is 16.7 Å². The summed E-state index contributed by atoms with van der Waals surface area (Å²) in [5.41, 5.74) is 4.47. The Bertz CT molecular complexity index is 673. The third-order valence-electron chi connectivity index (χ3n) is 3.69. The van der Waals surface area contributed by atoms with Crippen LogP contribution >= 0.6 is 0 Å². The number of nitrogens with zero attached hydrogens (tertiary/aromatic N) is 2. The van der Waals surface area contributed by atoms with Gasteiger partial charge in [-0.05, 0) is 25.0 Å². The summed E-state index contributed by atoms with van der Waals surface area (Å²) in [6.45, 7) is 4.69. The summed E-state index contributed by atoms with van der Waals surface area (Å²) in [6.07, 6.45) is 0. The van der Waals surface area contributed by atoms with Gasteiger partial charge < -0.3 is 5.32 Å². The first kappa shape index (κ1) is 15.8. The van der Waals surface area contributed by atoms with Crippen molar-refractivity contribution in [2.75, 3.05) is 0 Å². The Labute approximate surface area is 131 Å². The van der Waals surface area contributed by atoms with Crippen molar-refractivity contribution in [2.45, 2.75) is 26.4 Å². The standard InChI is InChI=1S/C19H19N3/c1-14-3-7-16(8-4-14)13-22-19(18(11-20)12-21)17-9-5-15(2)6-10-17/h3-10,18-19,22H,13H2,1-2H3. The minimum absolute atomic E-state index is 0.295. The van der Waals surface area contributed by atoms with Crippen molar-refractivity contribution < 1.29 is 0 Å². The van der Waals surface area contributed by atoms with Crippen LogP contribution in [0.1, 0.15) is 28.3 Å². The second-order valence-corrected chi connectivity index (χ2v) is 5.49. The van der Waals surface area contributed by atoms with Crippen LogP contribution in [0.4, 0.5) is 0 Å². The Morgan fingerprint density at radius 3 is 1.86 bits per heavy atom. The van der Waals surface area contributed by atoms with E-state index in [-0.39, 0.29) is 6.04 Å². The van der Waals surface area contributed by atoms with Crippen LogP contribution < -0.4 is 5.32 Å². The molecule has 0 amide bonds. The topological polar surface area (TPSA) is 59.6 Å². The molecule has 0 spiro atoms. The summed E-state index contributed by atoms with van der Waals surface area (Å²) >= 11 is 0. The van der Waals surface area contributed by atoms with Gasteiger partial charge in [-0.15, -0.1) is 0 Å². The summed E-state index contributed by atoms with van der Waals surface area (Å²) in [5, 5.41) is 21.8. The molecule has 0 fully saturated rings. The number of nitriles is 2. The average molecular weight is 289 g/mol. The molecule has 0 aromatic heterocycles. The number of hydrogen-bond donors (Lipinski definition) is 1. The average Bonchev–Trinajstić information content (AvgIpc) is 2.54. The third-order valence-corrected chi connectivity index (χ3v) is 3.69. The summed E-state index contributed by atoms with van der Waals surface area (Å²) in [4.78, 5) is 0. The molecule has 2 aromatic carbocycles. The number of benzene rings is 2. The molecule has 0 aliphatic rings. The van der Waals surface area contributed by atoms with Gasteiger partial charge in [0.15, 0.2) is 5.92 Å². The lowest BCUT2D eigenvalue weighted by molar-refractivity contribution is 0.485. The Morgan fingerprint density at radius 1 is 0.864 bits per heavy atom. The first-order valence-corrected chi connectivity index (χ1v) is 7.29. The van der Waals surface area contributed by atoms with E-state index in [1.54, 1.807) is 0 Å². The van der Waals surface area contributed by atoms with E-state index in [9.17, 15) is 10.5 Å².